The van der Waals surface area contributed by atoms with Crippen LogP contribution in [0.25, 0.3) is 0 Å². The van der Waals surface area contributed by atoms with Crippen LogP contribution in [0.4, 0.5) is 22.7 Å². The van der Waals surface area contributed by atoms with Crippen LogP contribution in [0.2, 0.25) is 0 Å². The molecule has 0 amide bonds. The lowest BCUT2D eigenvalue weighted by atomic mass is 9.79. The molecule has 2 nitrogen and oxygen atoms in total. The van der Waals surface area contributed by atoms with Crippen LogP contribution < -0.4 is 9.80 Å². The number of hydrogen-bond donors (Lipinski definition) is 0. The Morgan fingerprint density at radius 2 is 1.14 bits per heavy atom. The van der Waals surface area contributed by atoms with Gasteiger partial charge in [-0.15, -0.1) is 0 Å². The molecular weight excluding hydrogens is 352 g/mol. The van der Waals surface area contributed by atoms with Crippen LogP contribution >= 0.6 is 0 Å². The summed E-state index contributed by atoms with van der Waals surface area (Å²) < 4.78 is 0. The molecule has 2 atom stereocenters. The summed E-state index contributed by atoms with van der Waals surface area (Å²) in [5.41, 5.74) is 6.75. The molecule has 3 aromatic rings. The standard InChI is InChI=1S/C23H22N2.2C2H6/c1-3-23(2)18-13-7-8-14-19(18)25-21-16-10-9-15-20(21)24(22(23)25)17-11-5-4-6-12-17;2*1-2/h4-16,22H,3H2,1-2H3;2*1-2H3. The molecule has 2 heteroatoms. The fourth-order valence-electron chi connectivity index (χ4n) is 4.63. The fraction of sp³-hybridized carbons (Fsp3) is 0.333. The summed E-state index contributed by atoms with van der Waals surface area (Å²) in [6.45, 7) is 12.7. The normalized spacial score (nSPS) is 20.6. The SMILES string of the molecule is CC.CC.CCC1(C)c2ccccc2N2c3ccccc3N(c3ccccc3)C21. The minimum Gasteiger partial charge on any atom is -0.317 e. The third-order valence-corrected chi connectivity index (χ3v) is 6.01. The molecule has 0 radical (unpaired) electrons. The molecule has 0 saturated heterocycles. The summed E-state index contributed by atoms with van der Waals surface area (Å²) in [6.07, 6.45) is 1.37. The molecule has 0 bridgehead atoms. The highest BCUT2D eigenvalue weighted by molar-refractivity contribution is 5.92. The van der Waals surface area contributed by atoms with Gasteiger partial charge in [0.1, 0.15) is 6.17 Å². The summed E-state index contributed by atoms with van der Waals surface area (Å²) >= 11 is 0. The molecular formula is C27H34N2. The zero-order valence-electron chi connectivity index (χ0n) is 18.7. The van der Waals surface area contributed by atoms with E-state index >= 15 is 0 Å². The number of para-hydroxylation sites is 4. The highest BCUT2D eigenvalue weighted by Crippen LogP contribution is 2.59. The molecule has 0 N–H and O–H groups in total. The third kappa shape index (κ3) is 3.11. The summed E-state index contributed by atoms with van der Waals surface area (Å²) in [6, 6.07) is 28.5. The number of rotatable bonds is 2. The van der Waals surface area contributed by atoms with E-state index in [9.17, 15) is 0 Å². The second kappa shape index (κ2) is 8.73. The van der Waals surface area contributed by atoms with E-state index in [1.54, 1.807) is 0 Å². The Morgan fingerprint density at radius 1 is 0.655 bits per heavy atom. The van der Waals surface area contributed by atoms with Gasteiger partial charge in [0.05, 0.1) is 11.4 Å². The first-order valence-electron chi connectivity index (χ1n) is 11.1. The summed E-state index contributed by atoms with van der Waals surface area (Å²) in [5, 5.41) is 0. The lowest BCUT2D eigenvalue weighted by Crippen LogP contribution is -2.47. The lowest BCUT2D eigenvalue weighted by Gasteiger charge is -2.38. The van der Waals surface area contributed by atoms with Crippen LogP contribution in [-0.2, 0) is 5.41 Å². The zero-order chi connectivity index (χ0) is 21.0. The van der Waals surface area contributed by atoms with Gasteiger partial charge in [-0.3, -0.25) is 0 Å². The van der Waals surface area contributed by atoms with E-state index in [1.807, 2.05) is 27.7 Å². The van der Waals surface area contributed by atoms with Crippen molar-refractivity contribution in [3.05, 3.63) is 84.4 Å². The van der Waals surface area contributed by atoms with Crippen LogP contribution in [0.5, 0.6) is 0 Å². The van der Waals surface area contributed by atoms with Gasteiger partial charge in [-0.25, -0.2) is 0 Å². The number of anilines is 4. The Kier molecular flexibility index (Phi) is 6.32. The molecule has 2 unspecified atom stereocenters. The van der Waals surface area contributed by atoms with E-state index in [4.69, 9.17) is 0 Å². The number of fused-ring (bicyclic) bond motifs is 5. The monoisotopic (exact) mass is 386 g/mol. The summed E-state index contributed by atoms with van der Waals surface area (Å²) in [4.78, 5) is 5.07. The van der Waals surface area contributed by atoms with Gasteiger partial charge in [0, 0.05) is 16.8 Å². The molecule has 152 valence electrons. The third-order valence-electron chi connectivity index (χ3n) is 6.01. The van der Waals surface area contributed by atoms with E-state index in [-0.39, 0.29) is 11.6 Å². The Morgan fingerprint density at radius 3 is 1.72 bits per heavy atom. The van der Waals surface area contributed by atoms with Crippen molar-refractivity contribution in [3.63, 3.8) is 0 Å². The first kappa shape index (κ1) is 21.0. The average molecular weight is 387 g/mol. The molecule has 2 heterocycles. The summed E-state index contributed by atoms with van der Waals surface area (Å²) in [7, 11) is 0. The molecule has 3 aromatic carbocycles. The van der Waals surface area contributed by atoms with E-state index in [1.165, 1.54) is 28.3 Å². The van der Waals surface area contributed by atoms with Gasteiger partial charge >= 0.3 is 0 Å². The van der Waals surface area contributed by atoms with Gasteiger partial charge in [0.15, 0.2) is 0 Å². The van der Waals surface area contributed by atoms with E-state index in [2.05, 4.69) is 103 Å². The molecule has 29 heavy (non-hydrogen) atoms. The first-order chi connectivity index (χ1) is 14.3. The molecule has 0 fully saturated rings. The maximum atomic E-state index is 2.54. The van der Waals surface area contributed by atoms with Crippen molar-refractivity contribution in [3.8, 4) is 0 Å². The van der Waals surface area contributed by atoms with Crippen molar-refractivity contribution in [2.24, 2.45) is 0 Å². The fourth-order valence-corrected chi connectivity index (χ4v) is 4.63. The summed E-state index contributed by atoms with van der Waals surface area (Å²) in [5.74, 6) is 0. The molecule has 0 spiro atoms. The van der Waals surface area contributed by atoms with Crippen LogP contribution in [-0.4, -0.2) is 6.17 Å². The van der Waals surface area contributed by atoms with Crippen molar-refractivity contribution in [1.29, 1.82) is 0 Å². The van der Waals surface area contributed by atoms with Crippen molar-refractivity contribution in [1.82, 2.24) is 0 Å². The Hall–Kier alpha value is -2.74. The number of nitrogens with zero attached hydrogens (tertiary/aromatic N) is 2. The highest BCUT2D eigenvalue weighted by Gasteiger charge is 2.54. The largest absolute Gasteiger partial charge is 0.317 e. The van der Waals surface area contributed by atoms with Gasteiger partial charge in [-0.2, -0.15) is 0 Å². The topological polar surface area (TPSA) is 6.48 Å². The molecule has 0 aromatic heterocycles. The van der Waals surface area contributed by atoms with Gasteiger partial charge in [0.2, 0.25) is 0 Å². The Balaban J connectivity index is 0.000000568. The minimum absolute atomic E-state index is 0.0749. The Bertz CT molecular complexity index is 919. The van der Waals surface area contributed by atoms with Crippen molar-refractivity contribution in [2.45, 2.75) is 59.5 Å². The van der Waals surface area contributed by atoms with Crippen LogP contribution in [0.1, 0.15) is 53.5 Å². The molecule has 5 rings (SSSR count). The average Bonchev–Trinajstić information content (AvgIpc) is 3.29. The molecule has 0 saturated carbocycles. The molecule has 2 aliphatic rings. The van der Waals surface area contributed by atoms with Crippen molar-refractivity contribution >= 4 is 22.7 Å². The van der Waals surface area contributed by atoms with Crippen molar-refractivity contribution < 1.29 is 0 Å². The Labute approximate surface area is 176 Å². The van der Waals surface area contributed by atoms with E-state index < -0.39 is 0 Å². The predicted molar refractivity (Wildman–Crippen MR) is 128 cm³/mol. The maximum absolute atomic E-state index is 2.54. The van der Waals surface area contributed by atoms with Gasteiger partial charge in [-0.05, 0) is 42.3 Å². The second-order valence-corrected chi connectivity index (χ2v) is 7.23. The van der Waals surface area contributed by atoms with Crippen LogP contribution in [0.3, 0.4) is 0 Å². The molecule has 0 aliphatic carbocycles. The van der Waals surface area contributed by atoms with Gasteiger partial charge in [-0.1, -0.05) is 90.1 Å². The van der Waals surface area contributed by atoms with Crippen molar-refractivity contribution in [2.75, 3.05) is 9.80 Å². The van der Waals surface area contributed by atoms with Crippen LogP contribution in [0, 0.1) is 0 Å². The predicted octanol–water partition coefficient (Wildman–Crippen LogP) is 8.04. The second-order valence-electron chi connectivity index (χ2n) is 7.23. The van der Waals surface area contributed by atoms with Gasteiger partial charge in [0.25, 0.3) is 0 Å². The maximum Gasteiger partial charge on any atom is 0.120 e. The number of benzene rings is 3. The van der Waals surface area contributed by atoms with E-state index in [0.29, 0.717) is 0 Å². The quantitative estimate of drug-likeness (QED) is 0.440. The number of hydrogen-bond acceptors (Lipinski definition) is 2. The van der Waals surface area contributed by atoms with Gasteiger partial charge < -0.3 is 9.80 Å². The minimum atomic E-state index is 0.0749. The first-order valence-corrected chi connectivity index (χ1v) is 11.1. The molecule has 2 aliphatic heterocycles. The lowest BCUT2D eigenvalue weighted by molar-refractivity contribution is 0.397. The highest BCUT2D eigenvalue weighted by atomic mass is 15.4. The van der Waals surface area contributed by atoms with E-state index in [0.717, 1.165) is 6.42 Å². The smallest absolute Gasteiger partial charge is 0.120 e. The zero-order valence-corrected chi connectivity index (χ0v) is 18.7. The van der Waals surface area contributed by atoms with Crippen LogP contribution in [0.15, 0.2) is 78.9 Å².